The molecule has 1 atom stereocenters. The summed E-state index contributed by atoms with van der Waals surface area (Å²) in [4.78, 5) is 11.3. The van der Waals surface area contributed by atoms with Crippen LogP contribution in [0.2, 0.25) is 0 Å². The standard InChI is InChI=1S/C12H15NO4S/c1-9(14)10-2-4-12(5-3-10)18(15,16)13-11-6-7-17-8-11/h2-5,11,13H,6-8H2,1H3. The molecule has 1 N–H and O–H groups in total. The van der Waals surface area contributed by atoms with Crippen molar-refractivity contribution >= 4 is 15.8 Å². The second-order valence-corrected chi connectivity index (χ2v) is 5.98. The average molecular weight is 269 g/mol. The first-order valence-electron chi connectivity index (χ1n) is 5.70. The number of carbonyl (C=O) groups is 1. The van der Waals surface area contributed by atoms with Crippen LogP contribution in [0.3, 0.4) is 0 Å². The molecule has 1 fully saturated rings. The molecule has 0 bridgehead atoms. The van der Waals surface area contributed by atoms with Crippen molar-refractivity contribution in [2.24, 2.45) is 0 Å². The number of sulfonamides is 1. The molecule has 0 aromatic heterocycles. The number of hydrogen-bond acceptors (Lipinski definition) is 4. The maximum atomic E-state index is 12.0. The zero-order valence-electron chi connectivity index (χ0n) is 10.0. The highest BCUT2D eigenvalue weighted by Crippen LogP contribution is 2.13. The molecule has 18 heavy (non-hydrogen) atoms. The van der Waals surface area contributed by atoms with E-state index in [9.17, 15) is 13.2 Å². The minimum Gasteiger partial charge on any atom is -0.380 e. The van der Waals surface area contributed by atoms with Crippen LogP contribution in [-0.4, -0.2) is 33.5 Å². The van der Waals surface area contributed by atoms with Gasteiger partial charge in [-0.3, -0.25) is 4.79 Å². The van der Waals surface area contributed by atoms with Crippen LogP contribution in [0.5, 0.6) is 0 Å². The Hall–Kier alpha value is -1.24. The molecule has 0 spiro atoms. The molecule has 0 saturated carbocycles. The van der Waals surface area contributed by atoms with Crippen molar-refractivity contribution in [3.63, 3.8) is 0 Å². The van der Waals surface area contributed by atoms with Gasteiger partial charge in [-0.15, -0.1) is 0 Å². The molecule has 1 heterocycles. The van der Waals surface area contributed by atoms with Gasteiger partial charge in [0.25, 0.3) is 0 Å². The van der Waals surface area contributed by atoms with Crippen LogP contribution >= 0.6 is 0 Å². The smallest absolute Gasteiger partial charge is 0.240 e. The molecule has 1 aliphatic heterocycles. The van der Waals surface area contributed by atoms with E-state index in [0.29, 0.717) is 25.2 Å². The van der Waals surface area contributed by atoms with Crippen LogP contribution in [0, 0.1) is 0 Å². The van der Waals surface area contributed by atoms with E-state index in [1.807, 2.05) is 0 Å². The van der Waals surface area contributed by atoms with Gasteiger partial charge >= 0.3 is 0 Å². The van der Waals surface area contributed by atoms with E-state index < -0.39 is 10.0 Å². The summed E-state index contributed by atoms with van der Waals surface area (Å²) in [5.74, 6) is -0.0869. The topological polar surface area (TPSA) is 72.5 Å². The van der Waals surface area contributed by atoms with Gasteiger partial charge in [0.15, 0.2) is 5.78 Å². The fourth-order valence-corrected chi connectivity index (χ4v) is 3.04. The third-order valence-corrected chi connectivity index (χ3v) is 4.36. The molecule has 0 radical (unpaired) electrons. The Morgan fingerprint density at radius 1 is 1.33 bits per heavy atom. The predicted molar refractivity (Wildman–Crippen MR) is 66.0 cm³/mol. The van der Waals surface area contributed by atoms with Crippen molar-refractivity contribution in [3.05, 3.63) is 29.8 Å². The van der Waals surface area contributed by atoms with Crippen LogP contribution < -0.4 is 4.72 Å². The number of benzene rings is 1. The number of Topliss-reactive ketones (excluding diaryl/α,β-unsaturated/α-hetero) is 1. The van der Waals surface area contributed by atoms with Crippen molar-refractivity contribution in [1.29, 1.82) is 0 Å². The summed E-state index contributed by atoms with van der Waals surface area (Å²) in [6, 6.07) is 5.75. The highest BCUT2D eigenvalue weighted by atomic mass is 32.2. The zero-order valence-corrected chi connectivity index (χ0v) is 10.9. The lowest BCUT2D eigenvalue weighted by molar-refractivity contribution is 0.101. The average Bonchev–Trinajstić information content (AvgIpc) is 2.81. The summed E-state index contributed by atoms with van der Waals surface area (Å²) in [5.41, 5.74) is 0.498. The fourth-order valence-electron chi connectivity index (χ4n) is 1.78. The second-order valence-electron chi connectivity index (χ2n) is 4.26. The normalized spacial score (nSPS) is 19.9. The van der Waals surface area contributed by atoms with Gasteiger partial charge in [-0.05, 0) is 25.5 Å². The van der Waals surface area contributed by atoms with E-state index in [1.54, 1.807) is 0 Å². The predicted octanol–water partition coefficient (Wildman–Crippen LogP) is 0.956. The Morgan fingerprint density at radius 3 is 2.50 bits per heavy atom. The third kappa shape index (κ3) is 2.95. The summed E-state index contributed by atoms with van der Waals surface area (Å²) in [7, 11) is -3.53. The van der Waals surface area contributed by atoms with Crippen molar-refractivity contribution in [1.82, 2.24) is 4.72 Å². The lowest BCUT2D eigenvalue weighted by Gasteiger charge is -2.11. The van der Waals surface area contributed by atoms with E-state index in [0.717, 1.165) is 0 Å². The Kier molecular flexibility index (Phi) is 3.79. The van der Waals surface area contributed by atoms with E-state index in [1.165, 1.54) is 31.2 Å². The number of nitrogens with one attached hydrogen (secondary N) is 1. The summed E-state index contributed by atoms with van der Waals surface area (Å²) < 4.78 is 31.7. The number of ketones is 1. The first kappa shape index (κ1) is 13.2. The SMILES string of the molecule is CC(=O)c1ccc(S(=O)(=O)NC2CCOC2)cc1. The zero-order chi connectivity index (χ0) is 13.2. The Bertz CT molecular complexity index is 530. The maximum absolute atomic E-state index is 12.0. The van der Waals surface area contributed by atoms with E-state index in [-0.39, 0.29) is 16.7 Å². The first-order valence-corrected chi connectivity index (χ1v) is 7.18. The second kappa shape index (κ2) is 5.17. The van der Waals surface area contributed by atoms with Crippen LogP contribution in [0.1, 0.15) is 23.7 Å². The molecule has 1 unspecified atom stereocenters. The molecular weight excluding hydrogens is 254 g/mol. The van der Waals surface area contributed by atoms with Gasteiger partial charge in [-0.2, -0.15) is 0 Å². The highest BCUT2D eigenvalue weighted by Gasteiger charge is 2.23. The third-order valence-electron chi connectivity index (χ3n) is 2.82. The molecule has 1 aromatic rings. The molecular formula is C12H15NO4S. The minimum atomic E-state index is -3.53. The summed E-state index contributed by atoms with van der Waals surface area (Å²) >= 11 is 0. The first-order chi connectivity index (χ1) is 8.49. The lowest BCUT2D eigenvalue weighted by Crippen LogP contribution is -2.34. The van der Waals surface area contributed by atoms with Crippen LogP contribution in [0.15, 0.2) is 29.2 Å². The molecule has 1 aromatic carbocycles. The quantitative estimate of drug-likeness (QED) is 0.826. The van der Waals surface area contributed by atoms with Gasteiger partial charge in [0.1, 0.15) is 0 Å². The van der Waals surface area contributed by atoms with Gasteiger partial charge in [0, 0.05) is 18.2 Å². The van der Waals surface area contributed by atoms with Crippen LogP contribution in [0.25, 0.3) is 0 Å². The number of carbonyl (C=O) groups excluding carboxylic acids is 1. The van der Waals surface area contributed by atoms with Crippen molar-refractivity contribution in [2.45, 2.75) is 24.3 Å². The summed E-state index contributed by atoms with van der Waals surface area (Å²) in [5, 5.41) is 0. The highest BCUT2D eigenvalue weighted by molar-refractivity contribution is 7.89. The molecule has 1 saturated heterocycles. The molecule has 5 nitrogen and oxygen atoms in total. The number of ether oxygens (including phenoxy) is 1. The lowest BCUT2D eigenvalue weighted by atomic mass is 10.2. The number of rotatable bonds is 4. The summed E-state index contributed by atoms with van der Waals surface area (Å²) in [6.07, 6.45) is 0.685. The molecule has 98 valence electrons. The van der Waals surface area contributed by atoms with E-state index in [2.05, 4.69) is 4.72 Å². The molecule has 2 rings (SSSR count). The van der Waals surface area contributed by atoms with Gasteiger partial charge in [-0.25, -0.2) is 13.1 Å². The van der Waals surface area contributed by atoms with Crippen molar-refractivity contribution in [2.75, 3.05) is 13.2 Å². The summed E-state index contributed by atoms with van der Waals surface area (Å²) in [6.45, 7) is 2.43. The molecule has 0 aliphatic carbocycles. The van der Waals surface area contributed by atoms with Gasteiger partial charge in [-0.1, -0.05) is 12.1 Å². The van der Waals surface area contributed by atoms with E-state index >= 15 is 0 Å². The Morgan fingerprint density at radius 2 is 2.00 bits per heavy atom. The number of hydrogen-bond donors (Lipinski definition) is 1. The van der Waals surface area contributed by atoms with Crippen molar-refractivity contribution < 1.29 is 17.9 Å². The van der Waals surface area contributed by atoms with Gasteiger partial charge < -0.3 is 4.74 Å². The minimum absolute atomic E-state index is 0.0869. The Balaban J connectivity index is 2.16. The molecule has 1 aliphatic rings. The molecule has 6 heteroatoms. The van der Waals surface area contributed by atoms with Gasteiger partial charge in [0.05, 0.1) is 11.5 Å². The maximum Gasteiger partial charge on any atom is 0.240 e. The van der Waals surface area contributed by atoms with E-state index in [4.69, 9.17) is 4.74 Å². The fraction of sp³-hybridized carbons (Fsp3) is 0.417. The van der Waals surface area contributed by atoms with Gasteiger partial charge in [0.2, 0.25) is 10.0 Å². The largest absolute Gasteiger partial charge is 0.380 e. The van der Waals surface area contributed by atoms with Crippen molar-refractivity contribution in [3.8, 4) is 0 Å². The Labute approximate surface area is 106 Å². The molecule has 0 amide bonds. The van der Waals surface area contributed by atoms with Crippen LogP contribution in [0.4, 0.5) is 0 Å². The van der Waals surface area contributed by atoms with Crippen LogP contribution in [-0.2, 0) is 14.8 Å². The monoisotopic (exact) mass is 269 g/mol.